The minimum atomic E-state index is -1.09. The third-order valence-corrected chi connectivity index (χ3v) is 16.0. The van der Waals surface area contributed by atoms with Crippen molar-refractivity contribution >= 4 is 46.0 Å². The standard InChI is InChI=1S/C84H134N8O29/c1-69(85-71(3)81(83(95)87-77-11-7-9-13-79(77)97-5)91-89-73-15-19-75(20-16-73)120-65-63-116-57-55-113-53-51-111-49-47-109-45-43-107-41-39-105-37-35-103-33-31-101-29-27-99-25-23-93)67-118-61-59-115-60-62-119-68-70(2)86-72(4)82(84(96)88-78-12-8-10-14-80(78)98-6)92-90-74-17-21-76(22-18-74)121-66-64-117-58-56-114-54-52-112-50-48-110-46-44-108-42-40-106-38-36-104-34-32-102-30-28-100-26-24-94/h7-22,69-70,81-82,93-94H,23-68H2,1-6H3,(H,87,95)(H,88,96). The summed E-state index contributed by atoms with van der Waals surface area (Å²) in [5, 5.41) is 40.9. The number of anilines is 2. The molecule has 0 bridgehead atoms. The Kier molecular flexibility index (Phi) is 66.8. The number of carbonyl (C=O) groups excluding carboxylic acids is 2. The highest BCUT2D eigenvalue weighted by atomic mass is 16.6. The van der Waals surface area contributed by atoms with Gasteiger partial charge in [-0.05, 0) is 100 Å². The monoisotopic (exact) mass is 1720 g/mol. The number of amides is 2. The molecule has 4 N–H and O–H groups in total. The largest absolute Gasteiger partial charge is 0.495 e. The smallest absolute Gasteiger partial charge is 0.257 e. The van der Waals surface area contributed by atoms with E-state index < -0.39 is 23.9 Å². The zero-order valence-corrected chi connectivity index (χ0v) is 71.7. The van der Waals surface area contributed by atoms with Crippen molar-refractivity contribution in [1.29, 1.82) is 0 Å². The van der Waals surface area contributed by atoms with Crippen LogP contribution < -0.4 is 29.6 Å². The number of ether oxygens (including phenoxy) is 25. The number of hydrogen-bond donors (Lipinski definition) is 4. The Morgan fingerprint density at radius 2 is 0.512 bits per heavy atom. The molecule has 4 atom stereocenters. The van der Waals surface area contributed by atoms with Crippen molar-refractivity contribution < 1.29 is 138 Å². The van der Waals surface area contributed by atoms with Gasteiger partial charge in [-0.2, -0.15) is 20.5 Å². The van der Waals surface area contributed by atoms with Crippen LogP contribution in [0.2, 0.25) is 0 Å². The van der Waals surface area contributed by atoms with E-state index in [1.165, 1.54) is 14.2 Å². The molecule has 0 saturated carbocycles. The second-order valence-corrected chi connectivity index (χ2v) is 25.8. The Morgan fingerprint density at radius 1 is 0.298 bits per heavy atom. The second kappa shape index (κ2) is 76.3. The zero-order chi connectivity index (χ0) is 86.4. The van der Waals surface area contributed by atoms with Gasteiger partial charge in [0.05, 0.1) is 340 Å². The van der Waals surface area contributed by atoms with Gasteiger partial charge in [-0.3, -0.25) is 19.6 Å². The summed E-state index contributed by atoms with van der Waals surface area (Å²) in [6, 6.07) is 25.3. The summed E-state index contributed by atoms with van der Waals surface area (Å²) in [6.45, 7) is 25.2. The minimum absolute atomic E-state index is 0.00373. The number of para-hydroxylation sites is 4. The van der Waals surface area contributed by atoms with Gasteiger partial charge in [-0.25, -0.2) is 0 Å². The summed E-state index contributed by atoms with van der Waals surface area (Å²) in [6.07, 6.45) is 0. The van der Waals surface area contributed by atoms with E-state index in [4.69, 9.17) is 139 Å². The molecule has 0 aliphatic heterocycles. The molecule has 684 valence electrons. The first-order chi connectivity index (χ1) is 59.5. The molecule has 4 unspecified atom stereocenters. The summed E-state index contributed by atoms with van der Waals surface area (Å²) < 4.78 is 139. The van der Waals surface area contributed by atoms with E-state index in [9.17, 15) is 9.59 Å². The van der Waals surface area contributed by atoms with Crippen LogP contribution in [0, 0.1) is 0 Å². The van der Waals surface area contributed by atoms with E-state index >= 15 is 0 Å². The first-order valence-electron chi connectivity index (χ1n) is 41.1. The Labute approximate surface area is 712 Å². The van der Waals surface area contributed by atoms with E-state index in [1.54, 1.807) is 111 Å². The van der Waals surface area contributed by atoms with Crippen molar-refractivity contribution in [3.8, 4) is 23.0 Å². The maximum absolute atomic E-state index is 13.9. The van der Waals surface area contributed by atoms with Crippen LogP contribution in [0.1, 0.15) is 27.7 Å². The molecule has 121 heavy (non-hydrogen) atoms. The van der Waals surface area contributed by atoms with Crippen molar-refractivity contribution in [3.05, 3.63) is 97.1 Å². The molecule has 37 heteroatoms. The second-order valence-electron chi connectivity index (χ2n) is 25.8. The maximum atomic E-state index is 13.9. The zero-order valence-electron chi connectivity index (χ0n) is 71.7. The Bertz CT molecular complexity index is 3040. The van der Waals surface area contributed by atoms with Crippen LogP contribution in [0.25, 0.3) is 0 Å². The summed E-state index contributed by atoms with van der Waals surface area (Å²) in [7, 11) is 3.05. The van der Waals surface area contributed by atoms with Gasteiger partial charge >= 0.3 is 0 Å². The molecule has 0 radical (unpaired) electrons. The molecule has 0 saturated heterocycles. The molecule has 0 aliphatic rings. The fraction of sp³-hybridized carbons (Fsp3) is 0.667. The van der Waals surface area contributed by atoms with Crippen LogP contribution in [0.5, 0.6) is 23.0 Å². The molecule has 37 nitrogen and oxygen atoms in total. The molecule has 0 heterocycles. The fourth-order valence-electron chi connectivity index (χ4n) is 10.1. The number of aliphatic hydroxyl groups is 2. The van der Waals surface area contributed by atoms with Crippen molar-refractivity contribution in [2.75, 3.05) is 329 Å². The number of nitrogens with zero attached hydrogens (tertiary/aromatic N) is 6. The van der Waals surface area contributed by atoms with Crippen LogP contribution >= 0.6 is 0 Å². The van der Waals surface area contributed by atoms with Gasteiger partial charge in [-0.1, -0.05) is 24.3 Å². The average Bonchev–Trinajstić information content (AvgIpc) is 0.850. The molecule has 4 aromatic carbocycles. The first kappa shape index (κ1) is 106. The molecule has 0 aromatic heterocycles. The van der Waals surface area contributed by atoms with Gasteiger partial charge in [0, 0.05) is 11.4 Å². The number of methoxy groups -OCH3 is 2. The highest BCUT2D eigenvalue weighted by molar-refractivity contribution is 6.13. The first-order valence-corrected chi connectivity index (χ1v) is 41.1. The number of hydrogen-bond acceptors (Lipinski definition) is 35. The average molecular weight is 1720 g/mol. The lowest BCUT2D eigenvalue weighted by Crippen LogP contribution is -2.33. The summed E-state index contributed by atoms with van der Waals surface area (Å²) >= 11 is 0. The SMILES string of the molecule is COc1ccccc1NC(=O)C(N=Nc1ccc(OCCOCCOCCOCCOCCOCCOCCOCCOCCOCCO)cc1)C(C)=NC(C)COCCOCCOCC(C)N=C(C)C(N=Nc1ccc(OCCOCCOCCOCCOCCOCCOCCOCCOCCOCCO)cc1)C(=O)Nc1ccccc1OC. The van der Waals surface area contributed by atoms with Gasteiger partial charge < -0.3 is 139 Å². The van der Waals surface area contributed by atoms with Crippen molar-refractivity contribution in [2.45, 2.75) is 51.9 Å². The topological polar surface area (TPSA) is 404 Å². The molecule has 0 aliphatic carbocycles. The van der Waals surface area contributed by atoms with E-state index in [0.29, 0.717) is 321 Å². The van der Waals surface area contributed by atoms with Crippen LogP contribution in [0.3, 0.4) is 0 Å². The number of carbonyl (C=O) groups is 2. The third-order valence-electron chi connectivity index (χ3n) is 16.0. The van der Waals surface area contributed by atoms with Crippen LogP contribution in [0.4, 0.5) is 22.7 Å². The molecule has 0 spiro atoms. The van der Waals surface area contributed by atoms with Gasteiger partial charge in [0.1, 0.15) is 36.2 Å². The van der Waals surface area contributed by atoms with Gasteiger partial charge in [0.15, 0.2) is 12.1 Å². The van der Waals surface area contributed by atoms with Crippen molar-refractivity contribution in [2.24, 2.45) is 30.4 Å². The Morgan fingerprint density at radius 3 is 0.744 bits per heavy atom. The highest BCUT2D eigenvalue weighted by Gasteiger charge is 2.26. The van der Waals surface area contributed by atoms with Crippen molar-refractivity contribution in [1.82, 2.24) is 0 Å². The number of aliphatic imine (C=N–C) groups is 2. The van der Waals surface area contributed by atoms with E-state index in [-0.39, 0.29) is 51.7 Å². The number of aliphatic hydroxyl groups excluding tert-OH is 2. The molecular weight excluding hydrogens is 1580 g/mol. The van der Waals surface area contributed by atoms with Crippen LogP contribution in [-0.2, 0) is 109 Å². The van der Waals surface area contributed by atoms with Gasteiger partial charge in [-0.15, -0.1) is 0 Å². The van der Waals surface area contributed by atoms with E-state index in [0.717, 1.165) is 0 Å². The van der Waals surface area contributed by atoms with Gasteiger partial charge in [0.25, 0.3) is 11.8 Å². The maximum Gasteiger partial charge on any atom is 0.257 e. The van der Waals surface area contributed by atoms with Crippen molar-refractivity contribution in [3.63, 3.8) is 0 Å². The highest BCUT2D eigenvalue weighted by Crippen LogP contribution is 2.27. The lowest BCUT2D eigenvalue weighted by Gasteiger charge is -2.16. The van der Waals surface area contributed by atoms with Crippen LogP contribution in [-0.4, -0.2) is 376 Å². The lowest BCUT2D eigenvalue weighted by atomic mass is 10.1. The normalized spacial score (nSPS) is 13.0. The minimum Gasteiger partial charge on any atom is -0.495 e. The number of azo groups is 2. The van der Waals surface area contributed by atoms with Gasteiger partial charge in [0.2, 0.25) is 0 Å². The lowest BCUT2D eigenvalue weighted by molar-refractivity contribution is -0.116. The summed E-state index contributed by atoms with van der Waals surface area (Å²) in [5.74, 6) is 1.26. The fourth-order valence-corrected chi connectivity index (χ4v) is 10.1. The predicted octanol–water partition coefficient (Wildman–Crippen LogP) is 7.38. The molecular formula is C84H134N8O29. The summed E-state index contributed by atoms with van der Waals surface area (Å²) in [4.78, 5) is 37.4. The predicted molar refractivity (Wildman–Crippen MR) is 450 cm³/mol. The molecule has 0 fully saturated rings. The summed E-state index contributed by atoms with van der Waals surface area (Å²) in [5.41, 5.74) is 2.76. The Balaban J connectivity index is 1.06. The third kappa shape index (κ3) is 57.7. The van der Waals surface area contributed by atoms with E-state index in [1.807, 2.05) is 13.8 Å². The molecule has 2 amide bonds. The number of benzene rings is 4. The number of rotatable bonds is 84. The van der Waals surface area contributed by atoms with Crippen LogP contribution in [0.15, 0.2) is 128 Å². The molecule has 4 rings (SSSR count). The molecule has 4 aromatic rings. The van der Waals surface area contributed by atoms with E-state index in [2.05, 4.69) is 31.1 Å². The quantitative estimate of drug-likeness (QED) is 0.0190. The Hall–Kier alpha value is -7.36. The number of nitrogens with one attached hydrogen (secondary N) is 2.